The average molecular weight is 464 g/mol. The number of benzene rings is 4. The van der Waals surface area contributed by atoms with Gasteiger partial charge in [-0.05, 0) is 53.2 Å². The van der Waals surface area contributed by atoms with Crippen LogP contribution in [-0.2, 0) is 0 Å². The smallest absolute Gasteiger partial charge is 0.255 e. The van der Waals surface area contributed by atoms with Gasteiger partial charge in [-0.2, -0.15) is 0 Å². The van der Waals surface area contributed by atoms with Crippen LogP contribution in [-0.4, -0.2) is 53.7 Å². The second-order valence-corrected chi connectivity index (χ2v) is 8.51. The van der Waals surface area contributed by atoms with Crippen molar-refractivity contribution in [2.45, 2.75) is 0 Å². The zero-order valence-electron chi connectivity index (χ0n) is 19.2. The summed E-state index contributed by atoms with van der Waals surface area (Å²) in [6, 6.07) is 29.5. The van der Waals surface area contributed by atoms with Crippen LogP contribution in [0, 0.1) is 0 Å². The minimum Gasteiger partial charge on any atom is -0.335 e. The van der Waals surface area contributed by atoms with Crippen molar-refractivity contribution in [1.82, 2.24) is 9.80 Å². The van der Waals surface area contributed by atoms with E-state index in [4.69, 9.17) is 0 Å². The van der Waals surface area contributed by atoms with Crippen LogP contribution < -0.4 is 5.32 Å². The molecule has 1 aliphatic heterocycles. The first kappa shape index (κ1) is 22.3. The van der Waals surface area contributed by atoms with Gasteiger partial charge in [0, 0.05) is 48.6 Å². The van der Waals surface area contributed by atoms with Crippen LogP contribution in [0.2, 0.25) is 0 Å². The third-order valence-corrected chi connectivity index (χ3v) is 6.30. The second kappa shape index (κ2) is 9.81. The molecule has 0 atom stereocenters. The van der Waals surface area contributed by atoms with Crippen molar-refractivity contribution in [3.05, 3.63) is 114 Å². The second-order valence-electron chi connectivity index (χ2n) is 8.51. The lowest BCUT2D eigenvalue weighted by Crippen LogP contribution is -2.50. The molecule has 0 radical (unpaired) electrons. The Kier molecular flexibility index (Phi) is 6.26. The first-order valence-electron chi connectivity index (χ1n) is 11.6. The molecule has 5 rings (SSSR count). The number of nitrogens with one attached hydrogen (secondary N) is 1. The van der Waals surface area contributed by atoms with E-state index in [1.54, 1.807) is 41.3 Å². The predicted molar refractivity (Wildman–Crippen MR) is 137 cm³/mol. The molecule has 1 fully saturated rings. The number of nitrogens with zero attached hydrogens (tertiary/aromatic N) is 2. The summed E-state index contributed by atoms with van der Waals surface area (Å²) in [5.74, 6) is -0.285. The Bertz CT molecular complexity index is 1370. The lowest BCUT2D eigenvalue weighted by molar-refractivity contribution is 0.0536. The Labute approximate surface area is 203 Å². The van der Waals surface area contributed by atoms with Gasteiger partial charge in [0.05, 0.1) is 0 Å². The maximum atomic E-state index is 13.2. The Morgan fingerprint density at radius 3 is 1.89 bits per heavy atom. The minimum absolute atomic E-state index is 0.00703. The molecule has 4 aromatic carbocycles. The molecule has 0 bridgehead atoms. The molecule has 6 nitrogen and oxygen atoms in total. The van der Waals surface area contributed by atoms with E-state index in [1.165, 1.54) is 0 Å². The monoisotopic (exact) mass is 463 g/mol. The number of hydrogen-bond acceptors (Lipinski definition) is 3. The van der Waals surface area contributed by atoms with Crippen molar-refractivity contribution in [2.24, 2.45) is 0 Å². The predicted octanol–water partition coefficient (Wildman–Crippen LogP) is 4.69. The summed E-state index contributed by atoms with van der Waals surface area (Å²) in [5, 5.41) is 4.82. The summed E-state index contributed by atoms with van der Waals surface area (Å²) in [5.41, 5.74) is 2.44. The molecule has 0 unspecified atom stereocenters. The largest absolute Gasteiger partial charge is 0.335 e. The lowest BCUT2D eigenvalue weighted by Gasteiger charge is -2.35. The molecule has 35 heavy (non-hydrogen) atoms. The van der Waals surface area contributed by atoms with E-state index < -0.39 is 0 Å². The first-order valence-corrected chi connectivity index (χ1v) is 11.6. The third kappa shape index (κ3) is 4.77. The van der Waals surface area contributed by atoms with E-state index in [-0.39, 0.29) is 17.7 Å². The normalized spacial score (nSPS) is 13.5. The summed E-state index contributed by atoms with van der Waals surface area (Å²) in [6.45, 7) is 1.92. The maximum Gasteiger partial charge on any atom is 0.255 e. The molecule has 174 valence electrons. The molecule has 6 heteroatoms. The minimum atomic E-state index is -0.198. The van der Waals surface area contributed by atoms with E-state index in [9.17, 15) is 14.4 Å². The van der Waals surface area contributed by atoms with Crippen LogP contribution in [0.4, 0.5) is 5.69 Å². The van der Waals surface area contributed by atoms with Crippen LogP contribution in [0.3, 0.4) is 0 Å². The van der Waals surface area contributed by atoms with Gasteiger partial charge in [-0.1, -0.05) is 54.6 Å². The number of piperazine rings is 1. The van der Waals surface area contributed by atoms with Crippen LogP contribution in [0.15, 0.2) is 97.1 Å². The fourth-order valence-corrected chi connectivity index (χ4v) is 4.37. The third-order valence-electron chi connectivity index (χ3n) is 6.30. The molecule has 1 saturated heterocycles. The van der Waals surface area contributed by atoms with Gasteiger partial charge in [0.15, 0.2) is 0 Å². The number of carbonyl (C=O) groups is 3. The summed E-state index contributed by atoms with van der Waals surface area (Å²) in [7, 11) is 0. The van der Waals surface area contributed by atoms with E-state index in [1.807, 2.05) is 65.6 Å². The zero-order chi connectivity index (χ0) is 24.2. The zero-order valence-corrected chi connectivity index (χ0v) is 19.2. The Balaban J connectivity index is 1.20. The van der Waals surface area contributed by atoms with Crippen LogP contribution >= 0.6 is 0 Å². The van der Waals surface area contributed by atoms with Crippen molar-refractivity contribution in [3.8, 4) is 0 Å². The molecular formula is C29H25N3O3. The summed E-state index contributed by atoms with van der Waals surface area (Å²) >= 11 is 0. The Morgan fingerprint density at radius 2 is 1.17 bits per heavy atom. The SMILES string of the molecule is O=C(Nc1ccc(C(=O)N2CCN(C(=O)c3cccc4ccccc34)CC2)cc1)c1ccccc1. The van der Waals surface area contributed by atoms with Gasteiger partial charge >= 0.3 is 0 Å². The molecule has 0 aliphatic carbocycles. The molecule has 4 aromatic rings. The van der Waals surface area contributed by atoms with Crippen molar-refractivity contribution >= 4 is 34.2 Å². The Hall–Kier alpha value is -4.45. The van der Waals surface area contributed by atoms with Crippen molar-refractivity contribution in [2.75, 3.05) is 31.5 Å². The average Bonchev–Trinajstić information content (AvgIpc) is 2.93. The maximum absolute atomic E-state index is 13.2. The van der Waals surface area contributed by atoms with Gasteiger partial charge in [0.1, 0.15) is 0 Å². The molecule has 3 amide bonds. The van der Waals surface area contributed by atoms with Crippen molar-refractivity contribution in [1.29, 1.82) is 0 Å². The van der Waals surface area contributed by atoms with E-state index >= 15 is 0 Å². The standard InChI is InChI=1S/C29H25N3O3/c33-27(22-8-2-1-3-9-22)30-24-15-13-23(14-16-24)28(34)31-17-19-32(20-18-31)29(35)26-12-6-10-21-7-4-5-11-25(21)26/h1-16H,17-20H2,(H,30,33). The molecule has 0 saturated carbocycles. The van der Waals surface area contributed by atoms with E-state index in [0.717, 1.165) is 10.8 Å². The van der Waals surface area contributed by atoms with Crippen molar-refractivity contribution in [3.63, 3.8) is 0 Å². The first-order chi connectivity index (χ1) is 17.1. The number of hydrogen-bond donors (Lipinski definition) is 1. The van der Waals surface area contributed by atoms with Gasteiger partial charge in [-0.25, -0.2) is 0 Å². The van der Waals surface area contributed by atoms with Crippen molar-refractivity contribution < 1.29 is 14.4 Å². The van der Waals surface area contributed by atoms with Gasteiger partial charge < -0.3 is 15.1 Å². The highest BCUT2D eigenvalue weighted by Gasteiger charge is 2.26. The van der Waals surface area contributed by atoms with Crippen LogP contribution in [0.25, 0.3) is 10.8 Å². The molecular weight excluding hydrogens is 438 g/mol. The van der Waals surface area contributed by atoms with Gasteiger partial charge in [0.2, 0.25) is 0 Å². The Morgan fingerprint density at radius 1 is 0.571 bits per heavy atom. The highest BCUT2D eigenvalue weighted by atomic mass is 16.2. The number of carbonyl (C=O) groups excluding carboxylic acids is 3. The highest BCUT2D eigenvalue weighted by molar-refractivity contribution is 6.07. The number of fused-ring (bicyclic) bond motifs is 1. The molecule has 1 aliphatic rings. The number of anilines is 1. The number of amides is 3. The molecule has 0 spiro atoms. The summed E-state index contributed by atoms with van der Waals surface area (Å²) in [6.07, 6.45) is 0. The van der Waals surface area contributed by atoms with Gasteiger partial charge in [-0.15, -0.1) is 0 Å². The molecule has 0 aromatic heterocycles. The van der Waals surface area contributed by atoms with E-state index in [0.29, 0.717) is 48.6 Å². The fourth-order valence-electron chi connectivity index (χ4n) is 4.37. The van der Waals surface area contributed by atoms with Crippen LogP contribution in [0.1, 0.15) is 31.1 Å². The summed E-state index contributed by atoms with van der Waals surface area (Å²) < 4.78 is 0. The lowest BCUT2D eigenvalue weighted by atomic mass is 10.0. The fraction of sp³-hybridized carbons (Fsp3) is 0.138. The number of rotatable bonds is 4. The van der Waals surface area contributed by atoms with E-state index in [2.05, 4.69) is 5.32 Å². The molecule has 1 N–H and O–H groups in total. The topological polar surface area (TPSA) is 69.7 Å². The quantitative estimate of drug-likeness (QED) is 0.477. The summed E-state index contributed by atoms with van der Waals surface area (Å²) in [4.78, 5) is 42.1. The van der Waals surface area contributed by atoms with Crippen LogP contribution in [0.5, 0.6) is 0 Å². The van der Waals surface area contributed by atoms with Gasteiger partial charge in [0.25, 0.3) is 17.7 Å². The molecule has 1 heterocycles. The highest BCUT2D eigenvalue weighted by Crippen LogP contribution is 2.21. The van der Waals surface area contributed by atoms with Gasteiger partial charge in [-0.3, -0.25) is 14.4 Å².